The Morgan fingerprint density at radius 2 is 1.57 bits per heavy atom. The second-order valence-electron chi connectivity index (χ2n) is 6.35. The van der Waals surface area contributed by atoms with Crippen molar-refractivity contribution in [1.29, 1.82) is 0 Å². The van der Waals surface area contributed by atoms with Crippen molar-refractivity contribution in [1.82, 2.24) is 4.90 Å². The summed E-state index contributed by atoms with van der Waals surface area (Å²) in [5.41, 5.74) is 1.45. The Morgan fingerprint density at radius 1 is 0.893 bits per heavy atom. The van der Waals surface area contributed by atoms with Gasteiger partial charge in [0, 0.05) is 31.9 Å². The van der Waals surface area contributed by atoms with Gasteiger partial charge < -0.3 is 24.0 Å². The molecule has 1 fully saturated rings. The molecule has 3 rings (SSSR count). The third-order valence-electron chi connectivity index (χ3n) is 4.70. The van der Waals surface area contributed by atoms with Crippen LogP contribution in [0.2, 0.25) is 0 Å². The molecule has 2 aromatic carbocycles. The highest BCUT2D eigenvalue weighted by molar-refractivity contribution is 5.92. The van der Waals surface area contributed by atoms with Crippen LogP contribution in [0.25, 0.3) is 0 Å². The molecule has 1 aliphatic rings. The fourth-order valence-corrected chi connectivity index (χ4v) is 3.12. The van der Waals surface area contributed by atoms with Crippen molar-refractivity contribution in [3.05, 3.63) is 54.1 Å². The lowest BCUT2D eigenvalue weighted by molar-refractivity contribution is -0.134. The maximum Gasteiger partial charge on any atom is 0.338 e. The highest BCUT2D eigenvalue weighted by Crippen LogP contribution is 2.27. The van der Waals surface area contributed by atoms with E-state index in [1.165, 1.54) is 20.3 Å². The fraction of sp³-hybridized carbons (Fsp3) is 0.333. The smallest absolute Gasteiger partial charge is 0.338 e. The molecule has 1 heterocycles. The molecule has 0 aliphatic carbocycles. The first-order valence-electron chi connectivity index (χ1n) is 9.09. The molecule has 28 heavy (non-hydrogen) atoms. The average molecular weight is 384 g/mol. The van der Waals surface area contributed by atoms with Gasteiger partial charge in [0.15, 0.2) is 18.1 Å². The first kappa shape index (κ1) is 19.5. The Morgan fingerprint density at radius 3 is 2.21 bits per heavy atom. The molecular weight excluding hydrogens is 360 g/mol. The van der Waals surface area contributed by atoms with Crippen LogP contribution in [0.4, 0.5) is 5.69 Å². The van der Waals surface area contributed by atoms with Crippen LogP contribution in [0.1, 0.15) is 10.4 Å². The molecule has 0 spiro atoms. The lowest BCUT2D eigenvalue weighted by Gasteiger charge is -2.36. The lowest BCUT2D eigenvalue weighted by Crippen LogP contribution is -2.49. The third kappa shape index (κ3) is 4.54. The fourth-order valence-electron chi connectivity index (χ4n) is 3.12. The number of hydrogen-bond acceptors (Lipinski definition) is 6. The minimum atomic E-state index is -0.572. The first-order valence-corrected chi connectivity index (χ1v) is 9.09. The summed E-state index contributed by atoms with van der Waals surface area (Å²) in [6, 6.07) is 14.8. The van der Waals surface area contributed by atoms with Crippen LogP contribution in [0, 0.1) is 0 Å². The predicted octanol–water partition coefficient (Wildman–Crippen LogP) is 2.21. The molecule has 7 heteroatoms. The predicted molar refractivity (Wildman–Crippen MR) is 105 cm³/mol. The standard InChI is InChI=1S/C21H24N2O5/c1-26-18-9-8-16(14-19(18)27-2)21(25)28-15-20(24)23-12-10-22(11-13-23)17-6-4-3-5-7-17/h3-9,14H,10-13,15H2,1-2H3. The minimum absolute atomic E-state index is 0.193. The number of methoxy groups -OCH3 is 2. The van der Waals surface area contributed by atoms with E-state index in [2.05, 4.69) is 17.0 Å². The Hall–Kier alpha value is -3.22. The van der Waals surface area contributed by atoms with Gasteiger partial charge >= 0.3 is 5.97 Å². The second kappa shape index (κ2) is 9.12. The number of rotatable bonds is 6. The van der Waals surface area contributed by atoms with Crippen LogP contribution in [-0.2, 0) is 9.53 Å². The molecule has 7 nitrogen and oxygen atoms in total. The van der Waals surface area contributed by atoms with Gasteiger partial charge in [0.25, 0.3) is 5.91 Å². The first-order chi connectivity index (χ1) is 13.6. The number of nitrogens with zero attached hydrogens (tertiary/aromatic N) is 2. The van der Waals surface area contributed by atoms with Crippen LogP contribution in [-0.4, -0.2) is 63.8 Å². The number of esters is 1. The molecule has 148 valence electrons. The van der Waals surface area contributed by atoms with Crippen LogP contribution in [0.15, 0.2) is 48.5 Å². The van der Waals surface area contributed by atoms with Gasteiger partial charge in [-0.05, 0) is 30.3 Å². The summed E-state index contributed by atoms with van der Waals surface area (Å²) >= 11 is 0. The van der Waals surface area contributed by atoms with Gasteiger partial charge in [0.05, 0.1) is 19.8 Å². The molecule has 1 amide bonds. The van der Waals surface area contributed by atoms with Crippen molar-refractivity contribution in [2.75, 3.05) is 51.9 Å². The minimum Gasteiger partial charge on any atom is -0.493 e. The summed E-state index contributed by atoms with van der Waals surface area (Å²) in [7, 11) is 3.01. The number of amides is 1. The van der Waals surface area contributed by atoms with Crippen molar-refractivity contribution >= 4 is 17.6 Å². The average Bonchev–Trinajstić information content (AvgIpc) is 2.77. The zero-order valence-electron chi connectivity index (χ0n) is 16.1. The number of piperazine rings is 1. The van der Waals surface area contributed by atoms with Gasteiger partial charge in [-0.1, -0.05) is 18.2 Å². The van der Waals surface area contributed by atoms with Crippen LogP contribution < -0.4 is 14.4 Å². The van der Waals surface area contributed by atoms with E-state index in [0.29, 0.717) is 30.2 Å². The molecule has 0 N–H and O–H groups in total. The van der Waals surface area contributed by atoms with Gasteiger partial charge in [0.2, 0.25) is 0 Å². The molecule has 0 radical (unpaired) electrons. The maximum atomic E-state index is 12.4. The molecular formula is C21H24N2O5. The lowest BCUT2D eigenvalue weighted by atomic mass is 10.2. The number of carbonyl (C=O) groups excluding carboxylic acids is 2. The Labute approximate surface area is 164 Å². The van der Waals surface area contributed by atoms with Gasteiger partial charge in [-0.25, -0.2) is 4.79 Å². The number of benzene rings is 2. The van der Waals surface area contributed by atoms with Crippen LogP contribution in [0.5, 0.6) is 11.5 Å². The quantitative estimate of drug-likeness (QED) is 0.712. The molecule has 0 aromatic heterocycles. The molecule has 1 saturated heterocycles. The van der Waals surface area contributed by atoms with E-state index in [0.717, 1.165) is 18.8 Å². The zero-order chi connectivity index (χ0) is 19.9. The maximum absolute atomic E-state index is 12.4. The van der Waals surface area contributed by atoms with E-state index in [9.17, 15) is 9.59 Å². The van der Waals surface area contributed by atoms with Crippen molar-refractivity contribution in [2.45, 2.75) is 0 Å². The van der Waals surface area contributed by atoms with E-state index >= 15 is 0 Å². The number of anilines is 1. The third-order valence-corrected chi connectivity index (χ3v) is 4.70. The Balaban J connectivity index is 1.50. The van der Waals surface area contributed by atoms with E-state index in [1.807, 2.05) is 18.2 Å². The summed E-state index contributed by atoms with van der Waals surface area (Å²) in [5, 5.41) is 0. The van der Waals surface area contributed by atoms with Crippen LogP contribution in [0.3, 0.4) is 0 Å². The van der Waals surface area contributed by atoms with E-state index in [1.54, 1.807) is 17.0 Å². The monoisotopic (exact) mass is 384 g/mol. The SMILES string of the molecule is COc1ccc(C(=O)OCC(=O)N2CCN(c3ccccc3)CC2)cc1OC. The molecule has 0 bridgehead atoms. The van der Waals surface area contributed by atoms with Crippen LogP contribution >= 0.6 is 0 Å². The normalized spacial score (nSPS) is 13.8. The summed E-state index contributed by atoms with van der Waals surface area (Å²) in [5.74, 6) is 0.186. The summed E-state index contributed by atoms with van der Waals surface area (Å²) in [4.78, 5) is 28.6. The van der Waals surface area contributed by atoms with Gasteiger partial charge in [-0.2, -0.15) is 0 Å². The summed E-state index contributed by atoms with van der Waals surface area (Å²) < 4.78 is 15.5. The number of hydrogen-bond donors (Lipinski definition) is 0. The highest BCUT2D eigenvalue weighted by Gasteiger charge is 2.22. The van der Waals surface area contributed by atoms with Gasteiger partial charge in [-0.3, -0.25) is 4.79 Å². The van der Waals surface area contributed by atoms with Crippen molar-refractivity contribution in [2.24, 2.45) is 0 Å². The second-order valence-corrected chi connectivity index (χ2v) is 6.35. The van der Waals surface area contributed by atoms with Gasteiger partial charge in [-0.15, -0.1) is 0 Å². The number of ether oxygens (including phenoxy) is 3. The zero-order valence-corrected chi connectivity index (χ0v) is 16.1. The van der Waals surface area contributed by atoms with Crippen molar-refractivity contribution in [3.8, 4) is 11.5 Å². The topological polar surface area (TPSA) is 68.3 Å². The van der Waals surface area contributed by atoms with Crippen molar-refractivity contribution in [3.63, 3.8) is 0 Å². The Kier molecular flexibility index (Phi) is 6.37. The van der Waals surface area contributed by atoms with E-state index < -0.39 is 5.97 Å². The summed E-state index contributed by atoms with van der Waals surface area (Å²) in [6.45, 7) is 2.42. The van der Waals surface area contributed by atoms with E-state index in [4.69, 9.17) is 14.2 Å². The highest BCUT2D eigenvalue weighted by atomic mass is 16.5. The van der Waals surface area contributed by atoms with Crippen molar-refractivity contribution < 1.29 is 23.8 Å². The summed E-state index contributed by atoms with van der Waals surface area (Å²) in [6.07, 6.45) is 0. The molecule has 0 unspecified atom stereocenters. The molecule has 1 aliphatic heterocycles. The van der Waals surface area contributed by atoms with Gasteiger partial charge in [0.1, 0.15) is 0 Å². The molecule has 0 saturated carbocycles. The molecule has 2 aromatic rings. The molecule has 0 atom stereocenters. The largest absolute Gasteiger partial charge is 0.493 e. The van der Waals surface area contributed by atoms with E-state index in [-0.39, 0.29) is 12.5 Å². The number of carbonyl (C=O) groups is 2. The Bertz CT molecular complexity index is 817. The number of para-hydroxylation sites is 1.